The number of nitrogens with one attached hydrogen (secondary N) is 1. The maximum absolute atomic E-state index is 13.4. The Kier molecular flexibility index (Phi) is 15.2. The average Bonchev–Trinajstić information content (AvgIpc) is 3.02. The normalized spacial score (nSPS) is 16.4. The van der Waals surface area contributed by atoms with Gasteiger partial charge < -0.3 is 24.9 Å². The van der Waals surface area contributed by atoms with Crippen LogP contribution in [0.3, 0.4) is 0 Å². The first-order valence-electron chi connectivity index (χ1n) is 16.0. The van der Waals surface area contributed by atoms with Crippen LogP contribution in [0.2, 0.25) is 0 Å². The number of hydrogen-bond acceptors (Lipinski definition) is 6. The third-order valence-corrected chi connectivity index (χ3v) is 9.56. The van der Waals surface area contributed by atoms with E-state index in [0.717, 1.165) is 67.3 Å². The van der Waals surface area contributed by atoms with E-state index in [1.54, 1.807) is 6.07 Å². The van der Waals surface area contributed by atoms with E-state index >= 15 is 0 Å². The molecule has 0 saturated heterocycles. The van der Waals surface area contributed by atoms with Crippen molar-refractivity contribution >= 4 is 29.7 Å². The van der Waals surface area contributed by atoms with Crippen LogP contribution in [0.5, 0.6) is 0 Å². The predicted octanol–water partition coefficient (Wildman–Crippen LogP) is 3.16. The van der Waals surface area contributed by atoms with Gasteiger partial charge in [-0.25, -0.2) is 4.79 Å². The van der Waals surface area contributed by atoms with Gasteiger partial charge >= 0.3 is 25.0 Å². The van der Waals surface area contributed by atoms with Crippen LogP contribution in [-0.2, 0) is 16.0 Å². The molecule has 1 atom stereocenters. The summed E-state index contributed by atoms with van der Waals surface area (Å²) in [6.45, 7) is 3.26. The molecule has 2 amide bonds. The van der Waals surface area contributed by atoms with Crippen LogP contribution in [0, 0.1) is 12.8 Å². The Bertz CT molecular complexity index is 1230. The van der Waals surface area contributed by atoms with Crippen LogP contribution in [0.25, 0.3) is 11.1 Å². The number of carbonyl (C=O) groups is 3. The van der Waals surface area contributed by atoms with Gasteiger partial charge in [0.05, 0.1) is 12.0 Å². The van der Waals surface area contributed by atoms with Crippen LogP contribution in [0.4, 0.5) is 4.79 Å². The summed E-state index contributed by atoms with van der Waals surface area (Å²) in [6.07, 6.45) is 14.0. The van der Waals surface area contributed by atoms with Crippen molar-refractivity contribution in [3.8, 4) is 11.1 Å². The Morgan fingerprint density at radius 3 is 2.32 bits per heavy atom. The summed E-state index contributed by atoms with van der Waals surface area (Å²) in [5, 5.41) is 14.4. The molecular formula is C35H47LiN2O5S. The fourth-order valence-electron chi connectivity index (χ4n) is 6.37. The van der Waals surface area contributed by atoms with E-state index in [1.807, 2.05) is 54.5 Å². The topological polar surface area (TPSA) is 98.8 Å². The summed E-state index contributed by atoms with van der Waals surface area (Å²) >= 11 is 1.52. The SMILES string of the molecule is CSCC[C@H](NC(=O)c1ccc(CCN(CC2CCCCC2)C(=O)OC2CCCCC2)cc1-c1ccccc1C)C(=O)[O-].[Li+]. The zero-order chi connectivity index (χ0) is 30.6. The van der Waals surface area contributed by atoms with Crippen LogP contribution in [-0.4, -0.2) is 60.1 Å². The quantitative estimate of drug-likeness (QED) is 0.348. The number of rotatable bonds is 13. The molecule has 2 fully saturated rings. The zero-order valence-corrected chi connectivity index (χ0v) is 27.6. The number of benzene rings is 2. The van der Waals surface area contributed by atoms with Crippen LogP contribution in [0.1, 0.15) is 92.1 Å². The van der Waals surface area contributed by atoms with Gasteiger partial charge in [0.25, 0.3) is 5.91 Å². The number of aliphatic carboxylic acids is 1. The molecule has 0 aliphatic heterocycles. The standard InChI is InChI=1S/C35H48N2O5S.Li/c1-25-11-9-10-16-29(25)31-23-26(17-18-30(31)33(38)36-32(34(39)40)20-22-43-2)19-21-37(24-27-12-5-3-6-13-27)35(41)42-28-14-7-4-8-15-28;/h9-11,16-18,23,27-28,32H,3-8,12-15,19-22,24H2,1-2H3,(H,36,38)(H,39,40);/q;+1/p-1/t32-;/m0./s1. The number of amides is 2. The maximum atomic E-state index is 13.4. The minimum atomic E-state index is -1.28. The van der Waals surface area contributed by atoms with Crippen molar-refractivity contribution in [3.05, 3.63) is 59.2 Å². The van der Waals surface area contributed by atoms with E-state index in [1.165, 1.54) is 37.4 Å². The number of hydrogen-bond donors (Lipinski definition) is 1. The van der Waals surface area contributed by atoms with Crippen molar-refractivity contribution in [2.75, 3.05) is 25.1 Å². The number of thioether (sulfide) groups is 1. The Hall–Kier alpha value is -2.40. The number of ether oxygens (including phenoxy) is 1. The molecule has 2 aromatic rings. The van der Waals surface area contributed by atoms with E-state index in [2.05, 4.69) is 5.32 Å². The molecule has 0 spiro atoms. The van der Waals surface area contributed by atoms with Crippen molar-refractivity contribution in [3.63, 3.8) is 0 Å². The predicted molar refractivity (Wildman–Crippen MR) is 171 cm³/mol. The fourth-order valence-corrected chi connectivity index (χ4v) is 6.84. The molecule has 2 aliphatic rings. The van der Waals surface area contributed by atoms with Crippen molar-refractivity contribution in [2.45, 2.75) is 96.1 Å². The Morgan fingerprint density at radius 1 is 0.977 bits per heavy atom. The molecule has 234 valence electrons. The Morgan fingerprint density at radius 2 is 1.66 bits per heavy atom. The molecule has 1 N–H and O–H groups in total. The summed E-state index contributed by atoms with van der Waals surface area (Å²) in [4.78, 5) is 40.5. The fraction of sp³-hybridized carbons (Fsp3) is 0.571. The van der Waals surface area contributed by atoms with E-state index in [9.17, 15) is 19.5 Å². The second-order valence-corrected chi connectivity index (χ2v) is 13.2. The molecule has 0 bridgehead atoms. The number of nitrogens with zero attached hydrogens (tertiary/aromatic N) is 1. The summed E-state index contributed by atoms with van der Waals surface area (Å²) in [5.74, 6) is -0.614. The second kappa shape index (κ2) is 18.5. The van der Waals surface area contributed by atoms with Gasteiger partial charge in [-0.05, 0) is 105 Å². The van der Waals surface area contributed by atoms with E-state index in [4.69, 9.17) is 4.74 Å². The second-order valence-electron chi connectivity index (χ2n) is 12.2. The maximum Gasteiger partial charge on any atom is 1.00 e. The summed E-state index contributed by atoms with van der Waals surface area (Å²) in [5.41, 5.74) is 4.11. The van der Waals surface area contributed by atoms with Gasteiger partial charge in [0.2, 0.25) is 0 Å². The first kappa shape index (κ1) is 36.1. The molecule has 44 heavy (non-hydrogen) atoms. The van der Waals surface area contributed by atoms with Crippen LogP contribution < -0.4 is 29.3 Å². The summed E-state index contributed by atoms with van der Waals surface area (Å²) in [6, 6.07) is 12.5. The molecule has 9 heteroatoms. The minimum absolute atomic E-state index is 0. The van der Waals surface area contributed by atoms with E-state index < -0.39 is 17.9 Å². The third-order valence-electron chi connectivity index (χ3n) is 8.92. The summed E-state index contributed by atoms with van der Waals surface area (Å²) < 4.78 is 6.01. The Labute approximate surface area is 279 Å². The monoisotopic (exact) mass is 614 g/mol. The Balaban J connectivity index is 0.00000529. The van der Waals surface area contributed by atoms with Crippen molar-refractivity contribution in [1.82, 2.24) is 10.2 Å². The molecular weight excluding hydrogens is 567 g/mol. The van der Waals surface area contributed by atoms with E-state index in [0.29, 0.717) is 36.6 Å². The zero-order valence-electron chi connectivity index (χ0n) is 26.8. The average molecular weight is 615 g/mol. The summed E-state index contributed by atoms with van der Waals surface area (Å²) in [7, 11) is 0. The molecule has 0 heterocycles. The third kappa shape index (κ3) is 10.6. The molecule has 0 radical (unpaired) electrons. The number of carboxylic acids is 1. The van der Waals surface area contributed by atoms with Crippen molar-refractivity contribution < 1.29 is 43.1 Å². The molecule has 0 unspecified atom stereocenters. The molecule has 7 nitrogen and oxygen atoms in total. The van der Waals surface area contributed by atoms with Crippen molar-refractivity contribution in [1.29, 1.82) is 0 Å². The van der Waals surface area contributed by atoms with Gasteiger partial charge in [-0.3, -0.25) is 4.79 Å². The van der Waals surface area contributed by atoms with Gasteiger partial charge in [0, 0.05) is 18.7 Å². The first-order valence-corrected chi connectivity index (χ1v) is 17.4. The van der Waals surface area contributed by atoms with Gasteiger partial charge in [-0.2, -0.15) is 11.8 Å². The van der Waals surface area contributed by atoms with Crippen LogP contribution >= 0.6 is 11.8 Å². The van der Waals surface area contributed by atoms with Crippen molar-refractivity contribution in [2.24, 2.45) is 5.92 Å². The molecule has 0 aromatic heterocycles. The number of carbonyl (C=O) groups excluding carboxylic acids is 3. The molecule has 2 aliphatic carbocycles. The molecule has 2 saturated carbocycles. The van der Waals surface area contributed by atoms with Crippen LogP contribution in [0.15, 0.2) is 42.5 Å². The minimum Gasteiger partial charge on any atom is -0.548 e. The number of carboxylic acid groups (broad SMARTS) is 1. The molecule has 4 rings (SSSR count). The van der Waals surface area contributed by atoms with Gasteiger partial charge in [0.1, 0.15) is 6.10 Å². The number of aryl methyl sites for hydroxylation is 1. The first-order chi connectivity index (χ1) is 20.9. The van der Waals surface area contributed by atoms with Gasteiger partial charge in [-0.15, -0.1) is 0 Å². The van der Waals surface area contributed by atoms with Gasteiger partial charge in [-0.1, -0.05) is 62.1 Å². The molecule has 2 aromatic carbocycles. The van der Waals surface area contributed by atoms with Gasteiger partial charge in [0.15, 0.2) is 0 Å². The van der Waals surface area contributed by atoms with E-state index in [-0.39, 0.29) is 31.1 Å². The smallest absolute Gasteiger partial charge is 0.548 e. The largest absolute Gasteiger partial charge is 1.00 e.